The predicted octanol–water partition coefficient (Wildman–Crippen LogP) is 3.72. The Morgan fingerprint density at radius 1 is 1.32 bits per heavy atom. The van der Waals surface area contributed by atoms with Crippen molar-refractivity contribution in [2.24, 2.45) is 13.0 Å². The highest BCUT2D eigenvalue weighted by atomic mass is 19.1. The minimum atomic E-state index is -0.720. The van der Waals surface area contributed by atoms with Crippen LogP contribution < -0.4 is 10.6 Å². The lowest BCUT2D eigenvalue weighted by Gasteiger charge is -2.22. The zero-order valence-electron chi connectivity index (χ0n) is 18.6. The molecule has 2 unspecified atom stereocenters. The lowest BCUT2D eigenvalue weighted by molar-refractivity contribution is -0.117. The highest BCUT2D eigenvalue weighted by Gasteiger charge is 2.30. The van der Waals surface area contributed by atoms with Crippen LogP contribution in [-0.4, -0.2) is 33.2 Å². The van der Waals surface area contributed by atoms with Crippen molar-refractivity contribution in [3.05, 3.63) is 59.4 Å². The number of anilines is 1. The summed E-state index contributed by atoms with van der Waals surface area (Å²) in [5.41, 5.74) is 1.56. The second-order valence-corrected chi connectivity index (χ2v) is 7.60. The van der Waals surface area contributed by atoms with E-state index in [2.05, 4.69) is 22.2 Å². The SMILES string of the molecule is C=CCC(CC)C(C)NC(=O)C(=O)c1c(C)c(C(=O)Nc2ccnc(F)c2)c(C)n1C. The Bertz CT molecular complexity index is 1010. The van der Waals surface area contributed by atoms with Gasteiger partial charge in [-0.1, -0.05) is 19.4 Å². The zero-order chi connectivity index (χ0) is 23.3. The van der Waals surface area contributed by atoms with Gasteiger partial charge >= 0.3 is 0 Å². The number of rotatable bonds is 9. The first kappa shape index (κ1) is 24.0. The Morgan fingerprint density at radius 2 is 2.00 bits per heavy atom. The Balaban J connectivity index is 2.27. The van der Waals surface area contributed by atoms with E-state index in [9.17, 15) is 18.8 Å². The van der Waals surface area contributed by atoms with Crippen molar-refractivity contribution in [1.29, 1.82) is 0 Å². The van der Waals surface area contributed by atoms with Crippen LogP contribution in [0.3, 0.4) is 0 Å². The summed E-state index contributed by atoms with van der Waals surface area (Å²) in [4.78, 5) is 41.9. The molecule has 166 valence electrons. The molecule has 2 heterocycles. The zero-order valence-corrected chi connectivity index (χ0v) is 18.6. The smallest absolute Gasteiger partial charge is 0.294 e. The van der Waals surface area contributed by atoms with E-state index in [0.29, 0.717) is 11.3 Å². The Morgan fingerprint density at radius 3 is 2.58 bits per heavy atom. The molecule has 0 aliphatic rings. The standard InChI is InChI=1S/C23H29FN4O3/c1-7-9-16(8-2)14(4)26-23(31)21(29)20-13(3)19(15(5)28(20)6)22(30)27-17-10-11-25-18(24)12-17/h7,10-12,14,16H,1,8-9H2,2-6H3,(H,26,31)(H,25,27,30). The van der Waals surface area contributed by atoms with Crippen LogP contribution in [0.15, 0.2) is 31.0 Å². The van der Waals surface area contributed by atoms with Crippen molar-refractivity contribution in [2.45, 2.75) is 46.6 Å². The third-order valence-electron chi connectivity index (χ3n) is 5.62. The van der Waals surface area contributed by atoms with Crippen LogP contribution >= 0.6 is 0 Å². The van der Waals surface area contributed by atoms with E-state index in [1.165, 1.54) is 16.8 Å². The molecule has 2 atom stereocenters. The van der Waals surface area contributed by atoms with E-state index < -0.39 is 23.5 Å². The van der Waals surface area contributed by atoms with E-state index in [4.69, 9.17) is 0 Å². The molecule has 0 aliphatic carbocycles. The summed E-state index contributed by atoms with van der Waals surface area (Å²) in [6, 6.07) is 2.35. The highest BCUT2D eigenvalue weighted by molar-refractivity contribution is 6.43. The molecule has 0 saturated heterocycles. The first-order valence-electron chi connectivity index (χ1n) is 10.2. The van der Waals surface area contributed by atoms with Crippen LogP contribution in [0.1, 0.15) is 58.8 Å². The quantitative estimate of drug-likeness (QED) is 0.276. The number of nitrogens with zero attached hydrogens (tertiary/aromatic N) is 2. The summed E-state index contributed by atoms with van der Waals surface area (Å²) in [6.07, 6.45) is 4.60. The first-order chi connectivity index (χ1) is 14.6. The fourth-order valence-corrected chi connectivity index (χ4v) is 3.74. The van der Waals surface area contributed by atoms with Gasteiger partial charge < -0.3 is 15.2 Å². The van der Waals surface area contributed by atoms with Gasteiger partial charge in [-0.15, -0.1) is 6.58 Å². The van der Waals surface area contributed by atoms with Gasteiger partial charge in [0.25, 0.3) is 17.6 Å². The summed E-state index contributed by atoms with van der Waals surface area (Å²) in [5.74, 6) is -2.48. The van der Waals surface area contributed by atoms with E-state index in [1.807, 2.05) is 13.8 Å². The van der Waals surface area contributed by atoms with Crippen LogP contribution in [0.2, 0.25) is 0 Å². The Kier molecular flexibility index (Phi) is 7.85. The number of nitrogens with one attached hydrogen (secondary N) is 2. The van der Waals surface area contributed by atoms with Gasteiger partial charge in [0.15, 0.2) is 0 Å². The monoisotopic (exact) mass is 428 g/mol. The van der Waals surface area contributed by atoms with Crippen LogP contribution in [-0.2, 0) is 11.8 Å². The molecule has 8 heteroatoms. The van der Waals surface area contributed by atoms with Crippen molar-refractivity contribution < 1.29 is 18.8 Å². The first-order valence-corrected chi connectivity index (χ1v) is 10.2. The van der Waals surface area contributed by atoms with E-state index in [1.54, 1.807) is 27.0 Å². The third kappa shape index (κ3) is 5.25. The Hall–Kier alpha value is -3.29. The maximum absolute atomic E-state index is 13.3. The highest BCUT2D eigenvalue weighted by Crippen LogP contribution is 2.23. The fraction of sp³-hybridized carbons (Fsp3) is 0.391. The van der Waals surface area contributed by atoms with Gasteiger partial charge in [-0.25, -0.2) is 4.98 Å². The van der Waals surface area contributed by atoms with Gasteiger partial charge in [0.2, 0.25) is 5.95 Å². The van der Waals surface area contributed by atoms with Gasteiger partial charge in [-0.3, -0.25) is 14.4 Å². The van der Waals surface area contributed by atoms with Gasteiger partial charge in [-0.2, -0.15) is 4.39 Å². The van der Waals surface area contributed by atoms with Gasteiger partial charge in [0, 0.05) is 36.7 Å². The van der Waals surface area contributed by atoms with Crippen LogP contribution in [0, 0.1) is 25.7 Å². The number of hydrogen-bond acceptors (Lipinski definition) is 4. The number of aromatic nitrogens is 2. The number of halogens is 1. The second-order valence-electron chi connectivity index (χ2n) is 7.60. The molecule has 7 nitrogen and oxygen atoms in total. The summed E-state index contributed by atoms with van der Waals surface area (Å²) in [7, 11) is 1.63. The molecule has 2 N–H and O–H groups in total. The summed E-state index contributed by atoms with van der Waals surface area (Å²) in [5, 5.41) is 5.38. The molecule has 0 bridgehead atoms. The number of carbonyl (C=O) groups is 3. The molecule has 31 heavy (non-hydrogen) atoms. The summed E-state index contributed by atoms with van der Waals surface area (Å²) >= 11 is 0. The van der Waals surface area contributed by atoms with E-state index >= 15 is 0 Å². The Labute approximate surface area is 181 Å². The third-order valence-corrected chi connectivity index (χ3v) is 5.62. The fourth-order valence-electron chi connectivity index (χ4n) is 3.74. The molecule has 0 fully saturated rings. The van der Waals surface area contributed by atoms with Gasteiger partial charge in [-0.05, 0) is 44.7 Å². The maximum Gasteiger partial charge on any atom is 0.294 e. The topological polar surface area (TPSA) is 93.1 Å². The van der Waals surface area contributed by atoms with Crippen LogP contribution in [0.25, 0.3) is 0 Å². The maximum atomic E-state index is 13.3. The van der Waals surface area contributed by atoms with Crippen molar-refractivity contribution in [2.75, 3.05) is 5.32 Å². The number of Topliss-reactive ketones (excluding diaryl/α,β-unsaturated/α-hetero) is 1. The number of ketones is 1. The van der Waals surface area contributed by atoms with Crippen LogP contribution in [0.4, 0.5) is 10.1 Å². The van der Waals surface area contributed by atoms with Crippen molar-refractivity contribution >= 4 is 23.3 Å². The molecular formula is C23H29FN4O3. The molecule has 0 aliphatic heterocycles. The average Bonchev–Trinajstić information content (AvgIpc) is 2.93. The molecule has 0 aromatic carbocycles. The van der Waals surface area contributed by atoms with Crippen LogP contribution in [0.5, 0.6) is 0 Å². The second kappa shape index (κ2) is 10.1. The summed E-state index contributed by atoms with van der Waals surface area (Å²) in [6.45, 7) is 10.9. The van der Waals surface area contributed by atoms with Gasteiger partial charge in [0.05, 0.1) is 11.3 Å². The predicted molar refractivity (Wildman–Crippen MR) is 118 cm³/mol. The molecule has 0 spiro atoms. The normalized spacial score (nSPS) is 12.7. The number of amides is 2. The number of pyridine rings is 1. The lowest BCUT2D eigenvalue weighted by Crippen LogP contribution is -2.42. The van der Waals surface area contributed by atoms with Crippen molar-refractivity contribution in [1.82, 2.24) is 14.9 Å². The molecule has 2 amide bonds. The molecule has 2 rings (SSSR count). The molecule has 2 aromatic heterocycles. The number of carbonyl (C=O) groups excluding carboxylic acids is 3. The minimum Gasteiger partial charge on any atom is -0.346 e. The lowest BCUT2D eigenvalue weighted by atomic mass is 9.94. The molecule has 0 saturated carbocycles. The van der Waals surface area contributed by atoms with Crippen molar-refractivity contribution in [3.63, 3.8) is 0 Å². The molecule has 0 radical (unpaired) electrons. The number of hydrogen-bond donors (Lipinski definition) is 2. The van der Waals surface area contributed by atoms with Gasteiger partial charge in [0.1, 0.15) is 0 Å². The minimum absolute atomic E-state index is 0.144. The number of allylic oxidation sites excluding steroid dienone is 1. The molecule has 2 aromatic rings. The largest absolute Gasteiger partial charge is 0.346 e. The molecular weight excluding hydrogens is 399 g/mol. The van der Waals surface area contributed by atoms with E-state index in [-0.39, 0.29) is 28.9 Å². The van der Waals surface area contributed by atoms with Crippen molar-refractivity contribution in [3.8, 4) is 0 Å². The summed E-state index contributed by atoms with van der Waals surface area (Å²) < 4.78 is 14.8. The van der Waals surface area contributed by atoms with E-state index in [0.717, 1.165) is 18.9 Å². The average molecular weight is 429 g/mol.